The summed E-state index contributed by atoms with van der Waals surface area (Å²) in [6, 6.07) is 25.0. The van der Waals surface area contributed by atoms with Crippen LogP contribution in [0.5, 0.6) is 0 Å². The fourth-order valence-corrected chi connectivity index (χ4v) is 5.30. The Labute approximate surface area is 214 Å². The summed E-state index contributed by atoms with van der Waals surface area (Å²) in [4.78, 5) is 14.9. The fourth-order valence-electron chi connectivity index (χ4n) is 5.30. The van der Waals surface area contributed by atoms with E-state index in [0.717, 1.165) is 38.2 Å². The van der Waals surface area contributed by atoms with E-state index in [1.54, 1.807) is 4.90 Å². The third-order valence-corrected chi connectivity index (χ3v) is 7.56. The van der Waals surface area contributed by atoms with Crippen LogP contribution in [0, 0.1) is 0 Å². The number of carbonyl (C=O) groups is 1. The highest BCUT2D eigenvalue weighted by Gasteiger charge is 2.22. The Morgan fingerprint density at radius 1 is 0.972 bits per heavy atom. The second-order valence-corrected chi connectivity index (χ2v) is 11.1. The molecule has 4 aromatic rings. The molecule has 1 aliphatic rings. The summed E-state index contributed by atoms with van der Waals surface area (Å²) in [7, 11) is 1.86. The molecule has 1 aliphatic heterocycles. The van der Waals surface area contributed by atoms with E-state index in [1.807, 2.05) is 37.4 Å². The summed E-state index contributed by atoms with van der Waals surface area (Å²) >= 11 is 0. The molecule has 36 heavy (non-hydrogen) atoms. The second kappa shape index (κ2) is 9.94. The Bertz CT molecular complexity index is 1340. The molecule has 5 rings (SSSR count). The number of aromatic nitrogens is 1. The van der Waals surface area contributed by atoms with Gasteiger partial charge in [-0.05, 0) is 78.2 Å². The maximum Gasteiger partial charge on any atom is 0.258 e. The maximum absolute atomic E-state index is 13.1. The lowest BCUT2D eigenvalue weighted by Gasteiger charge is -2.22. The van der Waals surface area contributed by atoms with Gasteiger partial charge in [0.05, 0.1) is 5.52 Å². The van der Waals surface area contributed by atoms with E-state index in [4.69, 9.17) is 0 Å². The van der Waals surface area contributed by atoms with Gasteiger partial charge in [0.1, 0.15) is 0 Å². The molecular weight excluding hydrogens is 442 g/mol. The minimum atomic E-state index is 0.00408. The van der Waals surface area contributed by atoms with Crippen LogP contribution in [-0.4, -0.2) is 30.6 Å². The third kappa shape index (κ3) is 4.96. The predicted molar refractivity (Wildman–Crippen MR) is 150 cm³/mol. The van der Waals surface area contributed by atoms with Gasteiger partial charge < -0.3 is 14.8 Å². The lowest BCUT2D eigenvalue weighted by molar-refractivity contribution is 0.0993. The van der Waals surface area contributed by atoms with Crippen LogP contribution in [0.4, 0.5) is 5.69 Å². The Hall–Kier alpha value is -3.37. The first-order chi connectivity index (χ1) is 17.3. The van der Waals surface area contributed by atoms with Gasteiger partial charge in [-0.25, -0.2) is 0 Å². The number of hydrogen-bond acceptors (Lipinski definition) is 2. The SMILES string of the molecule is CN(C(=O)c1ccccc1)c1ccc2c(C3CCNCC3)cn(Cc3ccc(C(C)(C)C)cc3)c2c1. The number of rotatable bonds is 5. The minimum Gasteiger partial charge on any atom is -0.343 e. The molecule has 3 aromatic carbocycles. The smallest absolute Gasteiger partial charge is 0.258 e. The van der Waals surface area contributed by atoms with Gasteiger partial charge in [-0.3, -0.25) is 4.79 Å². The summed E-state index contributed by atoms with van der Waals surface area (Å²) in [6.07, 6.45) is 4.68. The Morgan fingerprint density at radius 2 is 1.67 bits per heavy atom. The number of anilines is 1. The Balaban J connectivity index is 1.52. The standard InChI is InChI=1S/C32H37N3O/c1-32(2,3)26-12-10-23(11-13-26)21-35-22-29(24-16-18-33-19-17-24)28-15-14-27(20-30(28)35)34(4)31(36)25-8-6-5-7-9-25/h5-15,20,22,24,33H,16-19,21H2,1-4H3. The van der Waals surface area contributed by atoms with E-state index in [0.29, 0.717) is 11.5 Å². The highest BCUT2D eigenvalue weighted by Crippen LogP contribution is 2.35. The third-order valence-electron chi connectivity index (χ3n) is 7.56. The first-order valence-electron chi connectivity index (χ1n) is 13.1. The van der Waals surface area contributed by atoms with Crippen LogP contribution >= 0.6 is 0 Å². The zero-order valence-corrected chi connectivity index (χ0v) is 21.9. The van der Waals surface area contributed by atoms with Crippen LogP contribution < -0.4 is 10.2 Å². The van der Waals surface area contributed by atoms with Crippen LogP contribution in [0.3, 0.4) is 0 Å². The summed E-state index contributed by atoms with van der Waals surface area (Å²) in [5.41, 5.74) is 7.01. The van der Waals surface area contributed by atoms with Gasteiger partial charge in [0, 0.05) is 36.4 Å². The average molecular weight is 480 g/mol. The number of piperidine rings is 1. The van der Waals surface area contributed by atoms with Crippen molar-refractivity contribution < 1.29 is 4.79 Å². The molecular formula is C32H37N3O. The second-order valence-electron chi connectivity index (χ2n) is 11.1. The summed E-state index contributed by atoms with van der Waals surface area (Å²) in [5, 5.41) is 4.80. The summed E-state index contributed by atoms with van der Waals surface area (Å²) < 4.78 is 2.38. The van der Waals surface area contributed by atoms with Crippen LogP contribution in [0.25, 0.3) is 10.9 Å². The molecule has 0 spiro atoms. The van der Waals surface area contributed by atoms with Crippen molar-refractivity contribution in [2.45, 2.75) is 51.5 Å². The first kappa shape index (κ1) is 24.3. The Kier molecular flexibility index (Phi) is 6.72. The lowest BCUT2D eigenvalue weighted by Crippen LogP contribution is -2.26. The molecule has 0 atom stereocenters. The molecule has 0 saturated carbocycles. The molecule has 1 saturated heterocycles. The highest BCUT2D eigenvalue weighted by molar-refractivity contribution is 6.06. The number of amides is 1. The largest absolute Gasteiger partial charge is 0.343 e. The van der Waals surface area contributed by atoms with Gasteiger partial charge >= 0.3 is 0 Å². The van der Waals surface area contributed by atoms with Gasteiger partial charge in [-0.1, -0.05) is 69.3 Å². The van der Waals surface area contributed by atoms with Gasteiger partial charge in [0.25, 0.3) is 5.91 Å². The van der Waals surface area contributed by atoms with Gasteiger partial charge in [-0.2, -0.15) is 0 Å². The van der Waals surface area contributed by atoms with Crippen LogP contribution in [0.15, 0.2) is 79.0 Å². The number of nitrogens with one attached hydrogen (secondary N) is 1. The summed E-state index contributed by atoms with van der Waals surface area (Å²) in [5.74, 6) is 0.567. The van der Waals surface area contributed by atoms with E-state index in [-0.39, 0.29) is 11.3 Å². The Morgan fingerprint density at radius 3 is 2.33 bits per heavy atom. The van der Waals surface area contributed by atoms with E-state index in [9.17, 15) is 4.79 Å². The average Bonchev–Trinajstić information content (AvgIpc) is 3.26. The van der Waals surface area contributed by atoms with Gasteiger partial charge in [-0.15, -0.1) is 0 Å². The molecule has 1 fully saturated rings. The highest BCUT2D eigenvalue weighted by atomic mass is 16.2. The quantitative estimate of drug-likeness (QED) is 0.345. The van der Waals surface area contributed by atoms with Crippen molar-refractivity contribution in [2.24, 2.45) is 0 Å². The van der Waals surface area contributed by atoms with Crippen LogP contribution in [0.2, 0.25) is 0 Å². The van der Waals surface area contributed by atoms with Crippen molar-refractivity contribution in [3.63, 3.8) is 0 Å². The van der Waals surface area contributed by atoms with Crippen LogP contribution in [0.1, 0.15) is 66.6 Å². The minimum absolute atomic E-state index is 0.00408. The molecule has 4 heteroatoms. The molecule has 1 aromatic heterocycles. The van der Waals surface area contributed by atoms with Crippen molar-refractivity contribution >= 4 is 22.5 Å². The number of hydrogen-bond donors (Lipinski definition) is 1. The van der Waals surface area contributed by atoms with Gasteiger partial charge in [0.15, 0.2) is 0 Å². The van der Waals surface area contributed by atoms with E-state index in [1.165, 1.54) is 27.6 Å². The monoisotopic (exact) mass is 479 g/mol. The van der Waals surface area contributed by atoms with Crippen molar-refractivity contribution in [3.05, 3.63) is 101 Å². The number of nitrogens with zero attached hydrogens (tertiary/aromatic N) is 2. The topological polar surface area (TPSA) is 37.3 Å². The van der Waals surface area contributed by atoms with Crippen molar-refractivity contribution in [1.82, 2.24) is 9.88 Å². The molecule has 2 heterocycles. The number of benzene rings is 3. The molecule has 0 aliphatic carbocycles. The fraction of sp³-hybridized carbons (Fsp3) is 0.344. The van der Waals surface area contributed by atoms with Crippen molar-refractivity contribution in [2.75, 3.05) is 25.0 Å². The maximum atomic E-state index is 13.1. The molecule has 0 bridgehead atoms. The van der Waals surface area contributed by atoms with Crippen molar-refractivity contribution in [1.29, 1.82) is 0 Å². The molecule has 1 N–H and O–H groups in total. The van der Waals surface area contributed by atoms with Crippen LogP contribution in [-0.2, 0) is 12.0 Å². The number of fused-ring (bicyclic) bond motifs is 1. The zero-order valence-electron chi connectivity index (χ0n) is 21.9. The zero-order chi connectivity index (χ0) is 25.3. The molecule has 4 nitrogen and oxygen atoms in total. The predicted octanol–water partition coefficient (Wildman–Crippen LogP) is 6.73. The molecule has 1 amide bonds. The van der Waals surface area contributed by atoms with E-state index < -0.39 is 0 Å². The molecule has 186 valence electrons. The van der Waals surface area contributed by atoms with E-state index >= 15 is 0 Å². The number of carbonyl (C=O) groups excluding carboxylic acids is 1. The lowest BCUT2D eigenvalue weighted by atomic mass is 9.87. The summed E-state index contributed by atoms with van der Waals surface area (Å²) in [6.45, 7) is 9.70. The molecule has 0 radical (unpaired) electrons. The normalized spacial score (nSPS) is 14.8. The molecule has 0 unspecified atom stereocenters. The van der Waals surface area contributed by atoms with E-state index in [2.05, 4.69) is 79.3 Å². The van der Waals surface area contributed by atoms with Crippen molar-refractivity contribution in [3.8, 4) is 0 Å². The first-order valence-corrected chi connectivity index (χ1v) is 13.1. The van der Waals surface area contributed by atoms with Gasteiger partial charge in [0.2, 0.25) is 0 Å².